The molecule has 1 aliphatic heterocycles. The molecule has 0 fully saturated rings. The third-order valence-electron chi connectivity index (χ3n) is 3.55. The van der Waals surface area contributed by atoms with Gasteiger partial charge in [0.2, 0.25) is 0 Å². The lowest BCUT2D eigenvalue weighted by Crippen LogP contribution is -2.51. The van der Waals surface area contributed by atoms with Crippen molar-refractivity contribution in [3.63, 3.8) is 0 Å². The van der Waals surface area contributed by atoms with Gasteiger partial charge in [-0.25, -0.2) is 4.79 Å². The highest BCUT2D eigenvalue weighted by atomic mass is 16.6. The highest BCUT2D eigenvalue weighted by Gasteiger charge is 2.36. The Hall–Kier alpha value is -1.71. The molecule has 1 atom stereocenters. The highest BCUT2D eigenvalue weighted by molar-refractivity contribution is 5.93. The fraction of sp³-hybridized carbons (Fsp3) is 0.588. The number of hydrogen-bond donors (Lipinski definition) is 1. The van der Waals surface area contributed by atoms with Gasteiger partial charge in [0, 0.05) is 6.04 Å². The van der Waals surface area contributed by atoms with Gasteiger partial charge in [-0.05, 0) is 38.3 Å². The molecule has 4 nitrogen and oxygen atoms in total. The molecule has 1 heterocycles. The molecule has 0 unspecified atom stereocenters. The maximum Gasteiger partial charge on any atom is 0.414 e. The first-order valence-corrected chi connectivity index (χ1v) is 7.44. The SMILES string of the molecule is CC(C)(C)OC(=O)N1C[C@@H](C(C)(C)C)Nc2ccccc21. The summed E-state index contributed by atoms with van der Waals surface area (Å²) < 4.78 is 5.55. The first kappa shape index (κ1) is 15.7. The number of nitrogens with one attached hydrogen (secondary N) is 1. The largest absolute Gasteiger partial charge is 0.443 e. The van der Waals surface area contributed by atoms with Crippen LogP contribution >= 0.6 is 0 Å². The van der Waals surface area contributed by atoms with Gasteiger partial charge in [-0.2, -0.15) is 0 Å². The summed E-state index contributed by atoms with van der Waals surface area (Å²) in [5.74, 6) is 0. The lowest BCUT2D eigenvalue weighted by atomic mass is 9.85. The van der Waals surface area contributed by atoms with Crippen molar-refractivity contribution in [1.82, 2.24) is 0 Å². The number of benzene rings is 1. The van der Waals surface area contributed by atoms with Gasteiger partial charge in [0.15, 0.2) is 0 Å². The zero-order valence-electron chi connectivity index (χ0n) is 13.9. The fourth-order valence-corrected chi connectivity index (χ4v) is 2.33. The Bertz CT molecular complexity index is 526. The average Bonchev–Trinajstić information content (AvgIpc) is 2.34. The number of para-hydroxylation sites is 2. The van der Waals surface area contributed by atoms with Gasteiger partial charge in [0.25, 0.3) is 0 Å². The maximum absolute atomic E-state index is 12.5. The van der Waals surface area contributed by atoms with E-state index < -0.39 is 5.60 Å². The minimum atomic E-state index is -0.492. The normalized spacial score (nSPS) is 18.8. The van der Waals surface area contributed by atoms with Crippen LogP contribution in [0, 0.1) is 5.41 Å². The van der Waals surface area contributed by atoms with E-state index in [1.165, 1.54) is 0 Å². The van der Waals surface area contributed by atoms with Crippen LogP contribution in [-0.2, 0) is 4.74 Å². The summed E-state index contributed by atoms with van der Waals surface area (Å²) in [4.78, 5) is 14.3. The van der Waals surface area contributed by atoms with Gasteiger partial charge in [-0.1, -0.05) is 32.9 Å². The van der Waals surface area contributed by atoms with Crippen molar-refractivity contribution in [2.75, 3.05) is 16.8 Å². The van der Waals surface area contributed by atoms with Crippen molar-refractivity contribution in [2.24, 2.45) is 5.41 Å². The molecule has 4 heteroatoms. The van der Waals surface area contributed by atoms with Gasteiger partial charge in [0.1, 0.15) is 5.60 Å². The number of hydrogen-bond acceptors (Lipinski definition) is 3. The zero-order valence-corrected chi connectivity index (χ0v) is 13.9. The number of anilines is 2. The molecule has 1 aliphatic rings. The molecule has 1 aromatic carbocycles. The number of carbonyl (C=O) groups is 1. The van der Waals surface area contributed by atoms with Crippen molar-refractivity contribution < 1.29 is 9.53 Å². The zero-order chi connectivity index (χ0) is 15.8. The van der Waals surface area contributed by atoms with E-state index in [1.54, 1.807) is 4.90 Å². The summed E-state index contributed by atoms with van der Waals surface area (Å²) in [7, 11) is 0. The Morgan fingerprint density at radius 3 is 2.38 bits per heavy atom. The number of nitrogens with zero attached hydrogens (tertiary/aromatic N) is 1. The van der Waals surface area contributed by atoms with E-state index in [9.17, 15) is 4.79 Å². The van der Waals surface area contributed by atoms with Crippen LogP contribution in [0.5, 0.6) is 0 Å². The standard InChI is InChI=1S/C17H26N2O2/c1-16(2,3)14-11-19(15(20)21-17(4,5)6)13-10-8-7-9-12(13)18-14/h7-10,14,18H,11H2,1-6H3/t14-/m0/s1. The Balaban J connectivity index is 2.33. The van der Waals surface area contributed by atoms with Crippen LogP contribution in [0.15, 0.2) is 24.3 Å². The van der Waals surface area contributed by atoms with E-state index in [0.29, 0.717) is 6.54 Å². The van der Waals surface area contributed by atoms with Crippen LogP contribution in [0.3, 0.4) is 0 Å². The van der Waals surface area contributed by atoms with Crippen LogP contribution in [-0.4, -0.2) is 24.3 Å². The molecule has 1 N–H and O–H groups in total. The quantitative estimate of drug-likeness (QED) is 0.776. The number of rotatable bonds is 0. The lowest BCUT2D eigenvalue weighted by Gasteiger charge is -2.41. The van der Waals surface area contributed by atoms with Gasteiger partial charge in [0.05, 0.1) is 17.9 Å². The summed E-state index contributed by atoms with van der Waals surface area (Å²) in [6.07, 6.45) is -0.286. The molecular formula is C17H26N2O2. The lowest BCUT2D eigenvalue weighted by molar-refractivity contribution is 0.0573. The number of amides is 1. The van der Waals surface area contributed by atoms with Crippen molar-refractivity contribution in [3.8, 4) is 0 Å². The van der Waals surface area contributed by atoms with Gasteiger partial charge in [-0.3, -0.25) is 4.90 Å². The Kier molecular flexibility index (Phi) is 3.91. The van der Waals surface area contributed by atoms with E-state index in [-0.39, 0.29) is 17.6 Å². The minimum absolute atomic E-state index is 0.0494. The third kappa shape index (κ3) is 3.69. The molecule has 1 aromatic rings. The summed E-state index contributed by atoms with van der Waals surface area (Å²) in [6, 6.07) is 8.05. The molecule has 2 rings (SSSR count). The monoisotopic (exact) mass is 290 g/mol. The highest BCUT2D eigenvalue weighted by Crippen LogP contribution is 2.36. The molecule has 0 spiro atoms. The van der Waals surface area contributed by atoms with E-state index in [4.69, 9.17) is 4.74 Å². The molecule has 0 radical (unpaired) electrons. The summed E-state index contributed by atoms with van der Waals surface area (Å²) in [5.41, 5.74) is 1.42. The summed E-state index contributed by atoms with van der Waals surface area (Å²) in [5, 5.41) is 3.54. The molecule has 0 bridgehead atoms. The van der Waals surface area contributed by atoms with E-state index in [1.807, 2.05) is 45.0 Å². The molecule has 0 saturated heterocycles. The molecule has 21 heavy (non-hydrogen) atoms. The molecule has 116 valence electrons. The first-order valence-electron chi connectivity index (χ1n) is 7.44. The van der Waals surface area contributed by atoms with Crippen molar-refractivity contribution >= 4 is 17.5 Å². The van der Waals surface area contributed by atoms with E-state index >= 15 is 0 Å². The number of fused-ring (bicyclic) bond motifs is 1. The predicted octanol–water partition coefficient (Wildman–Crippen LogP) is 4.27. The van der Waals surface area contributed by atoms with Gasteiger partial charge < -0.3 is 10.1 Å². The van der Waals surface area contributed by atoms with E-state index in [0.717, 1.165) is 11.4 Å². The Labute approximate surface area is 127 Å². The molecule has 0 saturated carbocycles. The Morgan fingerprint density at radius 1 is 1.19 bits per heavy atom. The summed E-state index contributed by atoms with van der Waals surface area (Å²) >= 11 is 0. The second-order valence-electron chi connectivity index (χ2n) is 7.67. The predicted molar refractivity (Wildman–Crippen MR) is 86.9 cm³/mol. The smallest absolute Gasteiger partial charge is 0.414 e. The third-order valence-corrected chi connectivity index (χ3v) is 3.55. The van der Waals surface area contributed by atoms with Crippen LogP contribution < -0.4 is 10.2 Å². The summed E-state index contributed by atoms with van der Waals surface area (Å²) in [6.45, 7) is 12.8. The van der Waals surface area contributed by atoms with Crippen molar-refractivity contribution in [3.05, 3.63) is 24.3 Å². The first-order chi connectivity index (χ1) is 9.58. The second-order valence-corrected chi connectivity index (χ2v) is 7.67. The van der Waals surface area contributed by atoms with Crippen LogP contribution in [0.25, 0.3) is 0 Å². The van der Waals surface area contributed by atoms with E-state index in [2.05, 4.69) is 26.1 Å². The topological polar surface area (TPSA) is 41.6 Å². The molecule has 0 aliphatic carbocycles. The maximum atomic E-state index is 12.5. The second kappa shape index (κ2) is 5.24. The van der Waals surface area contributed by atoms with Gasteiger partial charge in [-0.15, -0.1) is 0 Å². The van der Waals surface area contributed by atoms with Crippen molar-refractivity contribution in [1.29, 1.82) is 0 Å². The van der Waals surface area contributed by atoms with Crippen LogP contribution in [0.2, 0.25) is 0 Å². The molecule has 1 amide bonds. The number of ether oxygens (including phenoxy) is 1. The molecule has 0 aromatic heterocycles. The number of carbonyl (C=O) groups excluding carboxylic acids is 1. The van der Waals surface area contributed by atoms with Gasteiger partial charge >= 0.3 is 6.09 Å². The van der Waals surface area contributed by atoms with Crippen LogP contribution in [0.1, 0.15) is 41.5 Å². The van der Waals surface area contributed by atoms with Crippen molar-refractivity contribution in [2.45, 2.75) is 53.2 Å². The minimum Gasteiger partial charge on any atom is -0.443 e. The fourth-order valence-electron chi connectivity index (χ4n) is 2.33. The Morgan fingerprint density at radius 2 is 1.81 bits per heavy atom. The molecular weight excluding hydrogens is 264 g/mol. The van der Waals surface area contributed by atoms with Crippen LogP contribution in [0.4, 0.5) is 16.2 Å². The average molecular weight is 290 g/mol.